The fourth-order valence-corrected chi connectivity index (χ4v) is 2.16. The predicted octanol–water partition coefficient (Wildman–Crippen LogP) is 1.40. The Balaban J connectivity index is 2.06. The molecular weight excluding hydrogens is 308 g/mol. The first kappa shape index (κ1) is 17.5. The van der Waals surface area contributed by atoms with Gasteiger partial charge in [-0.3, -0.25) is 9.59 Å². The van der Waals surface area contributed by atoms with Crippen molar-refractivity contribution in [1.29, 1.82) is 0 Å². The summed E-state index contributed by atoms with van der Waals surface area (Å²) < 4.78 is 6.94. The molecule has 0 bridgehead atoms. The van der Waals surface area contributed by atoms with Crippen molar-refractivity contribution in [3.05, 3.63) is 41.7 Å². The Morgan fingerprint density at radius 1 is 1.29 bits per heavy atom. The fourth-order valence-electron chi connectivity index (χ4n) is 2.16. The SMILES string of the molecule is COc1ccc(C)cc1-n1ccc(C(=O)NCCC(=O)N(C)C)n1. The molecule has 0 saturated carbocycles. The van der Waals surface area contributed by atoms with Crippen LogP contribution in [0.3, 0.4) is 0 Å². The van der Waals surface area contributed by atoms with Gasteiger partial charge in [-0.15, -0.1) is 0 Å². The molecule has 1 heterocycles. The zero-order valence-electron chi connectivity index (χ0n) is 14.4. The van der Waals surface area contributed by atoms with E-state index in [9.17, 15) is 9.59 Å². The van der Waals surface area contributed by atoms with Crippen LogP contribution in [0.5, 0.6) is 5.75 Å². The molecule has 0 aliphatic heterocycles. The number of benzene rings is 1. The maximum Gasteiger partial charge on any atom is 0.271 e. The number of carbonyl (C=O) groups excluding carboxylic acids is 2. The molecule has 7 nitrogen and oxygen atoms in total. The van der Waals surface area contributed by atoms with Crippen molar-refractivity contribution in [2.45, 2.75) is 13.3 Å². The highest BCUT2D eigenvalue weighted by Gasteiger charge is 2.13. The van der Waals surface area contributed by atoms with E-state index in [1.165, 1.54) is 4.90 Å². The second kappa shape index (κ2) is 7.63. The molecular formula is C17H22N4O3. The maximum atomic E-state index is 12.1. The normalized spacial score (nSPS) is 10.3. The highest BCUT2D eigenvalue weighted by molar-refractivity contribution is 5.92. The summed E-state index contributed by atoms with van der Waals surface area (Å²) in [6.45, 7) is 2.25. The van der Waals surface area contributed by atoms with Crippen molar-refractivity contribution >= 4 is 11.8 Å². The van der Waals surface area contributed by atoms with Crippen LogP contribution in [-0.2, 0) is 4.79 Å². The fraction of sp³-hybridized carbons (Fsp3) is 0.353. The van der Waals surface area contributed by atoms with E-state index in [0.29, 0.717) is 5.75 Å². The standard InChI is InChI=1S/C17H22N4O3/c1-12-5-6-15(24-4)14(11-12)21-10-8-13(19-21)17(23)18-9-7-16(22)20(2)3/h5-6,8,10-11H,7,9H2,1-4H3,(H,18,23). The maximum absolute atomic E-state index is 12.1. The van der Waals surface area contributed by atoms with Gasteiger partial charge in [-0.25, -0.2) is 4.68 Å². The lowest BCUT2D eigenvalue weighted by Gasteiger charge is -2.10. The number of aryl methyl sites for hydroxylation is 1. The van der Waals surface area contributed by atoms with Gasteiger partial charge in [0.25, 0.3) is 5.91 Å². The van der Waals surface area contributed by atoms with Crippen molar-refractivity contribution < 1.29 is 14.3 Å². The number of carbonyl (C=O) groups is 2. The van der Waals surface area contributed by atoms with E-state index in [4.69, 9.17) is 4.74 Å². The third-order valence-corrected chi connectivity index (χ3v) is 3.53. The summed E-state index contributed by atoms with van der Waals surface area (Å²) in [6.07, 6.45) is 1.96. The lowest BCUT2D eigenvalue weighted by atomic mass is 10.2. The molecule has 0 aliphatic carbocycles. The first-order valence-corrected chi connectivity index (χ1v) is 7.61. The number of nitrogens with one attached hydrogen (secondary N) is 1. The Morgan fingerprint density at radius 3 is 2.71 bits per heavy atom. The van der Waals surface area contributed by atoms with Crippen LogP contribution < -0.4 is 10.1 Å². The molecule has 0 spiro atoms. The van der Waals surface area contributed by atoms with Gasteiger partial charge < -0.3 is 15.0 Å². The van der Waals surface area contributed by atoms with Crippen molar-refractivity contribution in [1.82, 2.24) is 20.0 Å². The number of aromatic nitrogens is 2. The van der Waals surface area contributed by atoms with Gasteiger partial charge in [0.05, 0.1) is 7.11 Å². The van der Waals surface area contributed by atoms with Crippen LogP contribution in [0.1, 0.15) is 22.5 Å². The molecule has 128 valence electrons. The minimum absolute atomic E-state index is 0.0367. The van der Waals surface area contributed by atoms with Crippen molar-refractivity contribution in [2.75, 3.05) is 27.7 Å². The number of amides is 2. The molecule has 2 aromatic rings. The van der Waals surface area contributed by atoms with E-state index in [0.717, 1.165) is 11.3 Å². The number of hydrogen-bond donors (Lipinski definition) is 1. The van der Waals surface area contributed by atoms with E-state index in [1.807, 2.05) is 25.1 Å². The first-order chi connectivity index (χ1) is 11.4. The molecule has 2 amide bonds. The zero-order valence-corrected chi connectivity index (χ0v) is 14.4. The summed E-state index contributed by atoms with van der Waals surface area (Å²) in [4.78, 5) is 25.1. The van der Waals surface area contributed by atoms with Crippen molar-refractivity contribution in [3.8, 4) is 11.4 Å². The second-order valence-corrected chi connectivity index (χ2v) is 5.61. The van der Waals surface area contributed by atoms with E-state index in [-0.39, 0.29) is 30.5 Å². The second-order valence-electron chi connectivity index (χ2n) is 5.61. The van der Waals surface area contributed by atoms with Crippen LogP contribution in [-0.4, -0.2) is 54.2 Å². The number of rotatable bonds is 6. The van der Waals surface area contributed by atoms with Crippen molar-refractivity contribution in [2.24, 2.45) is 0 Å². The molecule has 2 rings (SSSR count). The van der Waals surface area contributed by atoms with E-state index in [1.54, 1.807) is 38.2 Å². The van der Waals surface area contributed by atoms with Gasteiger partial charge in [0.15, 0.2) is 5.69 Å². The molecule has 0 fully saturated rings. The zero-order chi connectivity index (χ0) is 17.7. The smallest absolute Gasteiger partial charge is 0.271 e. The van der Waals surface area contributed by atoms with Gasteiger partial charge in [0, 0.05) is 33.3 Å². The molecule has 24 heavy (non-hydrogen) atoms. The molecule has 0 unspecified atom stereocenters. The summed E-state index contributed by atoms with van der Waals surface area (Å²) >= 11 is 0. The number of methoxy groups -OCH3 is 1. The third-order valence-electron chi connectivity index (χ3n) is 3.53. The summed E-state index contributed by atoms with van der Waals surface area (Å²) in [7, 11) is 4.95. The van der Waals surface area contributed by atoms with E-state index >= 15 is 0 Å². The number of nitrogens with zero attached hydrogens (tertiary/aromatic N) is 3. The van der Waals surface area contributed by atoms with Gasteiger partial charge in [0.2, 0.25) is 5.91 Å². The Morgan fingerprint density at radius 2 is 2.04 bits per heavy atom. The molecule has 1 aromatic carbocycles. The van der Waals surface area contributed by atoms with Crippen LogP contribution in [0.25, 0.3) is 5.69 Å². The summed E-state index contributed by atoms with van der Waals surface area (Å²) in [6, 6.07) is 7.37. The highest BCUT2D eigenvalue weighted by Crippen LogP contribution is 2.23. The first-order valence-electron chi connectivity index (χ1n) is 7.61. The molecule has 0 aliphatic rings. The Bertz CT molecular complexity index is 737. The topological polar surface area (TPSA) is 76.5 Å². The molecule has 0 atom stereocenters. The van der Waals surface area contributed by atoms with Crippen LogP contribution in [0, 0.1) is 6.92 Å². The predicted molar refractivity (Wildman–Crippen MR) is 90.5 cm³/mol. The van der Waals surface area contributed by atoms with Crippen LogP contribution >= 0.6 is 0 Å². The van der Waals surface area contributed by atoms with Gasteiger partial charge >= 0.3 is 0 Å². The monoisotopic (exact) mass is 330 g/mol. The summed E-state index contributed by atoms with van der Waals surface area (Å²) in [5.41, 5.74) is 2.12. The van der Waals surface area contributed by atoms with Crippen molar-refractivity contribution in [3.63, 3.8) is 0 Å². The highest BCUT2D eigenvalue weighted by atomic mass is 16.5. The van der Waals surface area contributed by atoms with Gasteiger partial charge in [-0.05, 0) is 30.7 Å². The van der Waals surface area contributed by atoms with E-state index < -0.39 is 0 Å². The number of hydrogen-bond acceptors (Lipinski definition) is 4. The molecule has 1 aromatic heterocycles. The Hall–Kier alpha value is -2.83. The van der Waals surface area contributed by atoms with Gasteiger partial charge in [-0.2, -0.15) is 5.10 Å². The minimum atomic E-state index is -0.313. The lowest BCUT2D eigenvalue weighted by Crippen LogP contribution is -2.30. The third kappa shape index (κ3) is 4.13. The van der Waals surface area contributed by atoms with Gasteiger partial charge in [0.1, 0.15) is 11.4 Å². The average molecular weight is 330 g/mol. The minimum Gasteiger partial charge on any atom is -0.494 e. The van der Waals surface area contributed by atoms with E-state index in [2.05, 4.69) is 10.4 Å². The average Bonchev–Trinajstić information content (AvgIpc) is 3.04. The molecule has 0 radical (unpaired) electrons. The Kier molecular flexibility index (Phi) is 5.57. The number of ether oxygens (including phenoxy) is 1. The molecule has 0 saturated heterocycles. The van der Waals surface area contributed by atoms with Crippen LogP contribution in [0.15, 0.2) is 30.5 Å². The Labute approximate surface area is 141 Å². The van der Waals surface area contributed by atoms with Gasteiger partial charge in [-0.1, -0.05) is 6.07 Å². The quantitative estimate of drug-likeness (QED) is 0.868. The molecule has 7 heteroatoms. The lowest BCUT2D eigenvalue weighted by molar-refractivity contribution is -0.128. The largest absolute Gasteiger partial charge is 0.494 e. The van der Waals surface area contributed by atoms with Crippen LogP contribution in [0.2, 0.25) is 0 Å². The summed E-state index contributed by atoms with van der Waals surface area (Å²) in [5.74, 6) is 0.324. The molecule has 1 N–H and O–H groups in total. The van der Waals surface area contributed by atoms with Crippen LogP contribution in [0.4, 0.5) is 0 Å². The summed E-state index contributed by atoms with van der Waals surface area (Å²) in [5, 5.41) is 6.99.